The van der Waals surface area contributed by atoms with E-state index in [9.17, 15) is 9.59 Å². The van der Waals surface area contributed by atoms with Gasteiger partial charge in [-0.3, -0.25) is 19.5 Å². The summed E-state index contributed by atoms with van der Waals surface area (Å²) in [6.45, 7) is 2.71. The Kier molecular flexibility index (Phi) is 7.08. The monoisotopic (exact) mass is 384 g/mol. The molecule has 1 fully saturated rings. The van der Waals surface area contributed by atoms with E-state index in [1.54, 1.807) is 19.2 Å². The van der Waals surface area contributed by atoms with Crippen LogP contribution in [0.15, 0.2) is 23.2 Å². The molecule has 2 amide bonds. The van der Waals surface area contributed by atoms with Crippen LogP contribution in [0.25, 0.3) is 0 Å². The molecule has 0 radical (unpaired) electrons. The zero-order chi connectivity index (χ0) is 18.4. The molecule has 1 aliphatic rings. The molecule has 1 unspecified atom stereocenters. The predicted molar refractivity (Wildman–Crippen MR) is 99.9 cm³/mol. The normalized spacial score (nSPS) is 16.8. The Morgan fingerprint density at radius 1 is 1.28 bits per heavy atom. The molecule has 136 valence electrons. The van der Waals surface area contributed by atoms with E-state index in [4.69, 9.17) is 23.2 Å². The fraction of sp³-hybridized carbons (Fsp3) is 0.471. The van der Waals surface area contributed by atoms with Gasteiger partial charge >= 0.3 is 0 Å². The van der Waals surface area contributed by atoms with Gasteiger partial charge in [0.15, 0.2) is 5.96 Å². The van der Waals surface area contributed by atoms with Gasteiger partial charge in [0, 0.05) is 43.0 Å². The van der Waals surface area contributed by atoms with E-state index < -0.39 is 0 Å². The van der Waals surface area contributed by atoms with E-state index in [-0.39, 0.29) is 17.9 Å². The Labute approximate surface area is 157 Å². The molecule has 0 bridgehead atoms. The van der Waals surface area contributed by atoms with Gasteiger partial charge in [-0.1, -0.05) is 29.3 Å². The molecule has 0 saturated carbocycles. The van der Waals surface area contributed by atoms with Crippen molar-refractivity contribution in [1.29, 1.82) is 0 Å². The quantitative estimate of drug-likeness (QED) is 0.465. The van der Waals surface area contributed by atoms with Gasteiger partial charge in [0.05, 0.1) is 6.04 Å². The molecule has 1 heterocycles. The molecule has 1 saturated heterocycles. The van der Waals surface area contributed by atoms with Crippen molar-refractivity contribution < 1.29 is 9.59 Å². The number of imide groups is 1. The third-order valence-corrected chi connectivity index (χ3v) is 4.58. The topological polar surface area (TPSA) is 73.8 Å². The van der Waals surface area contributed by atoms with Crippen LogP contribution in [0, 0.1) is 0 Å². The highest BCUT2D eigenvalue weighted by atomic mass is 35.5. The van der Waals surface area contributed by atoms with Crippen molar-refractivity contribution in [3.05, 3.63) is 33.8 Å². The van der Waals surface area contributed by atoms with E-state index in [2.05, 4.69) is 15.6 Å². The summed E-state index contributed by atoms with van der Waals surface area (Å²) in [5.74, 6) is 0.347. The lowest BCUT2D eigenvalue weighted by Crippen LogP contribution is -2.46. The number of nitrogens with zero attached hydrogens (tertiary/aromatic N) is 2. The van der Waals surface area contributed by atoms with Crippen LogP contribution in [0.5, 0.6) is 0 Å². The second-order valence-corrected chi connectivity index (χ2v) is 6.67. The molecule has 0 aliphatic carbocycles. The average Bonchev–Trinajstić information content (AvgIpc) is 2.56. The third kappa shape index (κ3) is 5.34. The lowest BCUT2D eigenvalue weighted by Gasteiger charge is -2.25. The molecule has 1 aromatic rings. The minimum atomic E-state index is -0.109. The van der Waals surface area contributed by atoms with Crippen LogP contribution < -0.4 is 10.6 Å². The van der Waals surface area contributed by atoms with E-state index in [1.165, 1.54) is 4.90 Å². The second-order valence-electron chi connectivity index (χ2n) is 5.82. The number of amides is 2. The Hall–Kier alpha value is -1.79. The number of halogens is 2. The van der Waals surface area contributed by atoms with E-state index in [0.717, 1.165) is 5.56 Å². The van der Waals surface area contributed by atoms with Crippen molar-refractivity contribution >= 4 is 41.0 Å². The molecule has 2 rings (SSSR count). The van der Waals surface area contributed by atoms with Gasteiger partial charge in [-0.15, -0.1) is 0 Å². The zero-order valence-corrected chi connectivity index (χ0v) is 15.8. The number of carbonyl (C=O) groups excluding carboxylic acids is 2. The number of hydrogen-bond donors (Lipinski definition) is 2. The molecular formula is C17H22Cl2N4O2. The number of rotatable bonds is 5. The maximum Gasteiger partial charge on any atom is 0.229 e. The van der Waals surface area contributed by atoms with Crippen molar-refractivity contribution in [3.63, 3.8) is 0 Å². The Morgan fingerprint density at radius 2 is 1.96 bits per heavy atom. The van der Waals surface area contributed by atoms with Crippen molar-refractivity contribution in [2.24, 2.45) is 4.99 Å². The first-order chi connectivity index (χ1) is 11.9. The molecule has 0 aromatic heterocycles. The summed E-state index contributed by atoms with van der Waals surface area (Å²) in [6, 6.07) is 5.25. The number of hydrogen-bond acceptors (Lipinski definition) is 3. The summed E-state index contributed by atoms with van der Waals surface area (Å²) in [6.07, 6.45) is 1.51. The van der Waals surface area contributed by atoms with Crippen molar-refractivity contribution in [2.45, 2.75) is 32.2 Å². The smallest absolute Gasteiger partial charge is 0.229 e. The van der Waals surface area contributed by atoms with E-state index in [0.29, 0.717) is 48.4 Å². The van der Waals surface area contributed by atoms with Crippen LogP contribution in [0.1, 0.15) is 37.8 Å². The molecular weight excluding hydrogens is 363 g/mol. The van der Waals surface area contributed by atoms with Gasteiger partial charge in [-0.2, -0.15) is 0 Å². The lowest BCUT2D eigenvalue weighted by molar-refractivity contribution is -0.147. The molecule has 1 aliphatic heterocycles. The summed E-state index contributed by atoms with van der Waals surface area (Å²) < 4.78 is 0. The van der Waals surface area contributed by atoms with E-state index >= 15 is 0 Å². The fourth-order valence-electron chi connectivity index (χ4n) is 2.67. The number of aliphatic imine (C=N–C) groups is 1. The Morgan fingerprint density at radius 3 is 2.56 bits per heavy atom. The van der Waals surface area contributed by atoms with Crippen LogP contribution in [-0.4, -0.2) is 42.8 Å². The number of carbonyl (C=O) groups is 2. The molecule has 0 spiro atoms. The standard InChI is InChI=1S/C17H22Cl2N4O2/c1-11(13-7-6-12(18)10-14(13)19)22-17(20-2)21-8-9-23-15(24)4-3-5-16(23)25/h6-7,10-11H,3-5,8-9H2,1-2H3,(H2,20,21,22). The van der Waals surface area contributed by atoms with Crippen LogP contribution in [-0.2, 0) is 9.59 Å². The van der Waals surface area contributed by atoms with Crippen molar-refractivity contribution in [3.8, 4) is 0 Å². The van der Waals surface area contributed by atoms with Crippen LogP contribution in [0.2, 0.25) is 10.0 Å². The number of guanidine groups is 1. The molecule has 6 nitrogen and oxygen atoms in total. The van der Waals surface area contributed by atoms with Gasteiger partial charge in [0.1, 0.15) is 0 Å². The molecule has 2 N–H and O–H groups in total. The lowest BCUT2D eigenvalue weighted by atomic mass is 10.1. The van der Waals surface area contributed by atoms with Crippen LogP contribution >= 0.6 is 23.2 Å². The molecule has 25 heavy (non-hydrogen) atoms. The van der Waals surface area contributed by atoms with Gasteiger partial charge in [0.2, 0.25) is 11.8 Å². The Bertz CT molecular complexity index is 663. The molecule has 1 aromatic carbocycles. The summed E-state index contributed by atoms with van der Waals surface area (Å²) in [7, 11) is 1.66. The maximum absolute atomic E-state index is 11.8. The molecule has 8 heteroatoms. The number of likely N-dealkylation sites (tertiary alicyclic amines) is 1. The van der Waals surface area contributed by atoms with Gasteiger partial charge in [-0.25, -0.2) is 0 Å². The summed E-state index contributed by atoms with van der Waals surface area (Å²) >= 11 is 12.1. The highest BCUT2D eigenvalue weighted by Crippen LogP contribution is 2.25. The van der Waals surface area contributed by atoms with Crippen LogP contribution in [0.3, 0.4) is 0 Å². The van der Waals surface area contributed by atoms with Crippen LogP contribution in [0.4, 0.5) is 0 Å². The number of piperidine rings is 1. The van der Waals surface area contributed by atoms with Gasteiger partial charge < -0.3 is 10.6 Å². The minimum Gasteiger partial charge on any atom is -0.355 e. The highest BCUT2D eigenvalue weighted by Gasteiger charge is 2.25. The fourth-order valence-corrected chi connectivity index (χ4v) is 3.24. The minimum absolute atomic E-state index is 0.0887. The van der Waals surface area contributed by atoms with E-state index in [1.807, 2.05) is 13.0 Å². The summed E-state index contributed by atoms with van der Waals surface area (Å²) in [5.41, 5.74) is 0.899. The average molecular weight is 385 g/mol. The SMILES string of the molecule is CN=C(NCCN1C(=O)CCCC1=O)NC(C)c1ccc(Cl)cc1Cl. The summed E-state index contributed by atoms with van der Waals surface area (Å²) in [5, 5.41) is 7.50. The first-order valence-corrected chi connectivity index (χ1v) is 8.93. The first-order valence-electron chi connectivity index (χ1n) is 8.17. The number of nitrogens with one attached hydrogen (secondary N) is 2. The first kappa shape index (κ1) is 19.5. The highest BCUT2D eigenvalue weighted by molar-refractivity contribution is 6.35. The van der Waals surface area contributed by atoms with Crippen molar-refractivity contribution in [1.82, 2.24) is 15.5 Å². The second kappa shape index (κ2) is 9.06. The zero-order valence-electron chi connectivity index (χ0n) is 14.3. The largest absolute Gasteiger partial charge is 0.355 e. The Balaban J connectivity index is 1.88. The van der Waals surface area contributed by atoms with Crippen molar-refractivity contribution in [2.75, 3.05) is 20.1 Å². The van der Waals surface area contributed by atoms with Gasteiger partial charge in [-0.05, 0) is 31.0 Å². The maximum atomic E-state index is 11.8. The number of benzene rings is 1. The third-order valence-electron chi connectivity index (χ3n) is 4.02. The van der Waals surface area contributed by atoms with Gasteiger partial charge in [0.25, 0.3) is 0 Å². The molecule has 1 atom stereocenters. The summed E-state index contributed by atoms with van der Waals surface area (Å²) in [4.78, 5) is 29.0. The predicted octanol–water partition coefficient (Wildman–Crippen LogP) is 2.76.